The van der Waals surface area contributed by atoms with Crippen molar-refractivity contribution in [2.45, 2.75) is 20.8 Å². The molecule has 1 amide bonds. The first-order valence-corrected chi connectivity index (χ1v) is 6.16. The maximum Gasteiger partial charge on any atom is 0.262 e. The Morgan fingerprint density at radius 2 is 1.90 bits per heavy atom. The van der Waals surface area contributed by atoms with Crippen molar-refractivity contribution in [1.82, 2.24) is 15.4 Å². The van der Waals surface area contributed by atoms with Crippen LogP contribution in [0, 0.1) is 20.8 Å². The molecule has 0 aliphatic rings. The van der Waals surface area contributed by atoms with E-state index in [1.165, 1.54) is 6.08 Å². The first-order chi connectivity index (χ1) is 9.52. The molecule has 2 rings (SSSR count). The molecule has 0 aromatic carbocycles. The number of carbonyl (C=O) groups is 1. The lowest BCUT2D eigenvalue weighted by Gasteiger charge is -2.06. The van der Waals surface area contributed by atoms with Crippen LogP contribution >= 0.6 is 0 Å². The van der Waals surface area contributed by atoms with Gasteiger partial charge in [0.2, 0.25) is 5.95 Å². The third-order valence-electron chi connectivity index (χ3n) is 2.44. The molecule has 0 aliphatic carbocycles. The van der Waals surface area contributed by atoms with Crippen LogP contribution in [-0.4, -0.2) is 15.9 Å². The zero-order valence-electron chi connectivity index (χ0n) is 11.6. The van der Waals surface area contributed by atoms with Crippen molar-refractivity contribution in [1.29, 1.82) is 0 Å². The van der Waals surface area contributed by atoms with E-state index in [0.29, 0.717) is 11.7 Å². The van der Waals surface area contributed by atoms with Crippen molar-refractivity contribution in [3.63, 3.8) is 0 Å². The highest BCUT2D eigenvalue weighted by Crippen LogP contribution is 2.07. The highest BCUT2D eigenvalue weighted by atomic mass is 16.3. The number of anilines is 1. The molecule has 0 atom stereocenters. The molecule has 0 fully saturated rings. The molecular formula is C14H16N4O2. The van der Waals surface area contributed by atoms with Gasteiger partial charge in [-0.3, -0.25) is 15.6 Å². The Balaban J connectivity index is 1.90. The monoisotopic (exact) mass is 272 g/mol. The van der Waals surface area contributed by atoms with Gasteiger partial charge in [0.15, 0.2) is 0 Å². The van der Waals surface area contributed by atoms with Gasteiger partial charge in [-0.1, -0.05) is 0 Å². The Hall–Kier alpha value is -2.63. The minimum Gasteiger partial charge on any atom is -0.462 e. The Morgan fingerprint density at radius 1 is 1.20 bits per heavy atom. The van der Waals surface area contributed by atoms with E-state index >= 15 is 0 Å². The molecule has 6 nitrogen and oxygen atoms in total. The molecular weight excluding hydrogens is 256 g/mol. The Labute approximate surface area is 116 Å². The summed E-state index contributed by atoms with van der Waals surface area (Å²) in [7, 11) is 0. The average Bonchev–Trinajstić information content (AvgIpc) is 2.79. The standard InChI is InChI=1S/C14H16N4O2/c1-9-8-10(2)16-14(15-9)18-17-13(19)7-6-12-5-4-11(3)20-12/h4-8H,1-3H3,(H,17,19)(H,15,16,18)/b7-6-. The molecule has 20 heavy (non-hydrogen) atoms. The van der Waals surface area contributed by atoms with Crippen LogP contribution in [0.4, 0.5) is 5.95 Å². The summed E-state index contributed by atoms with van der Waals surface area (Å²) in [6, 6.07) is 5.48. The molecule has 0 spiro atoms. The number of furan rings is 1. The summed E-state index contributed by atoms with van der Waals surface area (Å²) in [5.74, 6) is 1.46. The van der Waals surface area contributed by atoms with Crippen LogP contribution in [0.2, 0.25) is 0 Å². The van der Waals surface area contributed by atoms with Crippen LogP contribution in [0.1, 0.15) is 22.9 Å². The predicted octanol–water partition coefficient (Wildman–Crippen LogP) is 2.15. The number of nitrogens with one attached hydrogen (secondary N) is 2. The van der Waals surface area contributed by atoms with Gasteiger partial charge in [0, 0.05) is 17.5 Å². The first-order valence-electron chi connectivity index (χ1n) is 6.16. The molecule has 6 heteroatoms. The van der Waals surface area contributed by atoms with E-state index in [2.05, 4.69) is 20.8 Å². The van der Waals surface area contributed by atoms with Gasteiger partial charge < -0.3 is 4.42 Å². The molecule has 2 aromatic rings. The molecule has 0 saturated heterocycles. The molecule has 2 N–H and O–H groups in total. The summed E-state index contributed by atoms with van der Waals surface area (Å²) in [6.07, 6.45) is 2.96. The van der Waals surface area contributed by atoms with Gasteiger partial charge in [-0.05, 0) is 45.0 Å². The molecule has 0 saturated carbocycles. The van der Waals surface area contributed by atoms with E-state index in [-0.39, 0.29) is 5.91 Å². The average molecular weight is 272 g/mol. The third-order valence-corrected chi connectivity index (χ3v) is 2.44. The van der Waals surface area contributed by atoms with Crippen LogP contribution in [0.3, 0.4) is 0 Å². The van der Waals surface area contributed by atoms with Crippen LogP contribution in [0.5, 0.6) is 0 Å². The minimum absolute atomic E-state index is 0.318. The maximum absolute atomic E-state index is 11.6. The largest absolute Gasteiger partial charge is 0.462 e. The Morgan fingerprint density at radius 3 is 2.50 bits per heavy atom. The number of aromatic nitrogens is 2. The Bertz CT molecular complexity index is 626. The number of hydrazine groups is 1. The quantitative estimate of drug-likeness (QED) is 0.658. The topological polar surface area (TPSA) is 80.0 Å². The zero-order valence-corrected chi connectivity index (χ0v) is 11.6. The van der Waals surface area contributed by atoms with E-state index in [4.69, 9.17) is 4.42 Å². The fourth-order valence-corrected chi connectivity index (χ4v) is 1.64. The van der Waals surface area contributed by atoms with Crippen LogP contribution < -0.4 is 10.9 Å². The number of hydrogen-bond acceptors (Lipinski definition) is 5. The van der Waals surface area contributed by atoms with Gasteiger partial charge >= 0.3 is 0 Å². The lowest BCUT2D eigenvalue weighted by molar-refractivity contribution is -0.116. The van der Waals surface area contributed by atoms with Crippen molar-refractivity contribution < 1.29 is 9.21 Å². The van der Waals surface area contributed by atoms with Crippen LogP contribution in [0.15, 0.2) is 28.7 Å². The molecule has 0 bridgehead atoms. The molecule has 2 heterocycles. The highest BCUT2D eigenvalue weighted by molar-refractivity contribution is 5.91. The highest BCUT2D eigenvalue weighted by Gasteiger charge is 2.01. The number of amides is 1. The first kappa shape index (κ1) is 13.8. The number of hydrogen-bond donors (Lipinski definition) is 2. The van der Waals surface area contributed by atoms with E-state index in [9.17, 15) is 4.79 Å². The van der Waals surface area contributed by atoms with Crippen LogP contribution in [-0.2, 0) is 4.79 Å². The second kappa shape index (κ2) is 6.01. The molecule has 0 unspecified atom stereocenters. The van der Waals surface area contributed by atoms with Crippen molar-refractivity contribution in [3.05, 3.63) is 47.2 Å². The number of aryl methyl sites for hydroxylation is 3. The second-order valence-electron chi connectivity index (χ2n) is 4.37. The lowest BCUT2D eigenvalue weighted by Crippen LogP contribution is -2.28. The molecule has 2 aromatic heterocycles. The fraction of sp³-hybridized carbons (Fsp3) is 0.214. The summed E-state index contributed by atoms with van der Waals surface area (Å²) < 4.78 is 5.32. The fourth-order valence-electron chi connectivity index (χ4n) is 1.64. The van der Waals surface area contributed by atoms with E-state index in [0.717, 1.165) is 17.1 Å². The van der Waals surface area contributed by atoms with Gasteiger partial charge in [-0.25, -0.2) is 9.97 Å². The van der Waals surface area contributed by atoms with E-state index in [1.807, 2.05) is 32.9 Å². The predicted molar refractivity (Wildman–Crippen MR) is 75.8 cm³/mol. The number of carbonyl (C=O) groups excluding carboxylic acids is 1. The van der Waals surface area contributed by atoms with Crippen molar-refractivity contribution in [3.8, 4) is 0 Å². The SMILES string of the molecule is Cc1cc(C)nc(NNC(=O)/C=C\c2ccc(C)o2)n1. The van der Waals surface area contributed by atoms with Gasteiger partial charge in [-0.15, -0.1) is 0 Å². The molecule has 0 aliphatic heterocycles. The second-order valence-corrected chi connectivity index (χ2v) is 4.37. The van der Waals surface area contributed by atoms with E-state index in [1.54, 1.807) is 12.1 Å². The van der Waals surface area contributed by atoms with Gasteiger partial charge in [0.05, 0.1) is 0 Å². The summed E-state index contributed by atoms with van der Waals surface area (Å²) in [6.45, 7) is 5.57. The van der Waals surface area contributed by atoms with E-state index < -0.39 is 0 Å². The van der Waals surface area contributed by atoms with Crippen molar-refractivity contribution in [2.24, 2.45) is 0 Å². The summed E-state index contributed by atoms with van der Waals surface area (Å²) in [5.41, 5.74) is 6.81. The smallest absolute Gasteiger partial charge is 0.262 e. The molecule has 104 valence electrons. The number of rotatable bonds is 4. The molecule has 0 radical (unpaired) electrons. The van der Waals surface area contributed by atoms with Gasteiger partial charge in [0.1, 0.15) is 11.5 Å². The minimum atomic E-state index is -0.318. The van der Waals surface area contributed by atoms with Crippen LogP contribution in [0.25, 0.3) is 6.08 Å². The van der Waals surface area contributed by atoms with Gasteiger partial charge in [0.25, 0.3) is 5.91 Å². The summed E-state index contributed by atoms with van der Waals surface area (Å²) in [5, 5.41) is 0. The third kappa shape index (κ3) is 3.94. The summed E-state index contributed by atoms with van der Waals surface area (Å²) >= 11 is 0. The number of nitrogens with zero attached hydrogens (tertiary/aromatic N) is 2. The normalized spacial score (nSPS) is 10.8. The zero-order chi connectivity index (χ0) is 14.5. The van der Waals surface area contributed by atoms with Crippen molar-refractivity contribution in [2.75, 3.05) is 5.43 Å². The summed E-state index contributed by atoms with van der Waals surface area (Å²) in [4.78, 5) is 19.9. The lowest BCUT2D eigenvalue weighted by atomic mass is 10.4. The Kier molecular flexibility index (Phi) is 4.14. The maximum atomic E-state index is 11.6. The van der Waals surface area contributed by atoms with Gasteiger partial charge in [-0.2, -0.15) is 0 Å². The van der Waals surface area contributed by atoms with Crippen molar-refractivity contribution >= 4 is 17.9 Å².